The van der Waals surface area contributed by atoms with E-state index >= 15 is 0 Å². The van der Waals surface area contributed by atoms with Crippen molar-refractivity contribution in [2.24, 2.45) is 5.92 Å². The average molecular weight is 229 g/mol. The van der Waals surface area contributed by atoms with E-state index in [1.807, 2.05) is 30.1 Å². The van der Waals surface area contributed by atoms with Crippen molar-refractivity contribution in [3.8, 4) is 0 Å². The maximum Gasteiger partial charge on any atom is 0.225 e. The average Bonchev–Trinajstić information content (AvgIpc) is 3.13. The first-order chi connectivity index (χ1) is 8.16. The molecule has 2 rings (SSSR count). The van der Waals surface area contributed by atoms with Gasteiger partial charge in [-0.3, -0.25) is 4.79 Å². The zero-order chi connectivity index (χ0) is 12.3. The number of carbonyl (C=O) groups excluding carboxylic acids is 1. The molecule has 90 valence electrons. The molecule has 0 aromatic heterocycles. The van der Waals surface area contributed by atoms with Gasteiger partial charge in [-0.25, -0.2) is 0 Å². The molecule has 2 heteroatoms. The lowest BCUT2D eigenvalue weighted by Crippen LogP contribution is -2.29. The molecule has 2 nitrogen and oxygen atoms in total. The lowest BCUT2D eigenvalue weighted by Gasteiger charge is -2.17. The van der Waals surface area contributed by atoms with E-state index < -0.39 is 0 Å². The van der Waals surface area contributed by atoms with Gasteiger partial charge in [-0.1, -0.05) is 42.0 Å². The van der Waals surface area contributed by atoms with Crippen LogP contribution in [0, 0.1) is 5.92 Å². The lowest BCUT2D eigenvalue weighted by molar-refractivity contribution is -0.130. The number of rotatable bonds is 4. The Morgan fingerprint density at radius 1 is 1.35 bits per heavy atom. The van der Waals surface area contributed by atoms with E-state index in [-0.39, 0.29) is 0 Å². The van der Waals surface area contributed by atoms with Gasteiger partial charge in [0.15, 0.2) is 0 Å². The molecule has 0 bridgehead atoms. The smallest absolute Gasteiger partial charge is 0.225 e. The van der Waals surface area contributed by atoms with Crippen molar-refractivity contribution in [3.63, 3.8) is 0 Å². The third-order valence-corrected chi connectivity index (χ3v) is 3.00. The zero-order valence-electron chi connectivity index (χ0n) is 10.5. The largest absolute Gasteiger partial charge is 0.342 e. The van der Waals surface area contributed by atoms with Crippen LogP contribution in [0.4, 0.5) is 0 Å². The quantitative estimate of drug-likeness (QED) is 0.777. The molecule has 0 N–H and O–H groups in total. The second-order valence-electron chi connectivity index (χ2n) is 4.87. The number of hydrogen-bond donors (Lipinski definition) is 0. The van der Waals surface area contributed by atoms with Crippen molar-refractivity contribution < 1.29 is 4.79 Å². The summed E-state index contributed by atoms with van der Waals surface area (Å²) in [5, 5.41) is 0. The molecule has 1 aromatic rings. The Labute approximate surface area is 103 Å². The molecule has 1 aliphatic rings. The Morgan fingerprint density at radius 2 is 2.00 bits per heavy atom. The highest BCUT2D eigenvalue weighted by atomic mass is 16.2. The van der Waals surface area contributed by atoms with E-state index in [2.05, 4.69) is 25.1 Å². The summed E-state index contributed by atoms with van der Waals surface area (Å²) in [6.07, 6.45) is 4.28. The monoisotopic (exact) mass is 229 g/mol. The summed E-state index contributed by atoms with van der Waals surface area (Å²) in [5.41, 5.74) is 2.41. The summed E-state index contributed by atoms with van der Waals surface area (Å²) in [6.45, 7) is 2.80. The van der Waals surface area contributed by atoms with Crippen molar-refractivity contribution in [3.05, 3.63) is 41.5 Å². The minimum absolute atomic E-state index is 0.297. The van der Waals surface area contributed by atoms with E-state index in [1.54, 1.807) is 0 Å². The Morgan fingerprint density at radius 3 is 2.59 bits per heavy atom. The van der Waals surface area contributed by atoms with Gasteiger partial charge in [0, 0.05) is 19.5 Å². The molecule has 0 heterocycles. The van der Waals surface area contributed by atoms with Gasteiger partial charge in [0.25, 0.3) is 0 Å². The van der Waals surface area contributed by atoms with Gasteiger partial charge in [0.2, 0.25) is 5.91 Å². The fourth-order valence-electron chi connectivity index (χ4n) is 1.97. The molecule has 0 saturated heterocycles. The highest BCUT2D eigenvalue weighted by molar-refractivity contribution is 5.81. The maximum absolute atomic E-state index is 11.8. The third kappa shape index (κ3) is 3.45. The Hall–Kier alpha value is -1.57. The first-order valence-corrected chi connectivity index (χ1v) is 6.14. The minimum atomic E-state index is 0.297. The SMILES string of the molecule is C/C(=C/c1ccccc1)CN(C)C(=O)C1CC1. The second-order valence-corrected chi connectivity index (χ2v) is 4.87. The Kier molecular flexibility index (Phi) is 3.62. The molecule has 0 aliphatic heterocycles. The number of amides is 1. The van der Waals surface area contributed by atoms with Crippen LogP contribution in [0.1, 0.15) is 25.3 Å². The second kappa shape index (κ2) is 5.17. The third-order valence-electron chi connectivity index (χ3n) is 3.00. The summed E-state index contributed by atoms with van der Waals surface area (Å²) < 4.78 is 0. The topological polar surface area (TPSA) is 20.3 Å². The summed E-state index contributed by atoms with van der Waals surface area (Å²) in [6, 6.07) is 10.2. The normalized spacial score (nSPS) is 15.8. The van der Waals surface area contributed by atoms with Crippen LogP contribution in [0.15, 0.2) is 35.9 Å². The fourth-order valence-corrected chi connectivity index (χ4v) is 1.97. The van der Waals surface area contributed by atoms with Crippen LogP contribution >= 0.6 is 0 Å². The Balaban J connectivity index is 1.94. The number of hydrogen-bond acceptors (Lipinski definition) is 1. The van der Waals surface area contributed by atoms with Gasteiger partial charge in [-0.15, -0.1) is 0 Å². The van der Waals surface area contributed by atoms with Crippen LogP contribution in [0.3, 0.4) is 0 Å². The standard InChI is InChI=1S/C15H19NO/c1-12(10-13-6-4-3-5-7-13)11-16(2)15(17)14-8-9-14/h3-7,10,14H,8-9,11H2,1-2H3/b12-10-. The van der Waals surface area contributed by atoms with Gasteiger partial charge in [0.05, 0.1) is 0 Å². The van der Waals surface area contributed by atoms with Crippen LogP contribution in [0.5, 0.6) is 0 Å². The van der Waals surface area contributed by atoms with Crippen molar-refractivity contribution in [2.75, 3.05) is 13.6 Å². The van der Waals surface area contributed by atoms with Crippen molar-refractivity contribution >= 4 is 12.0 Å². The summed E-state index contributed by atoms with van der Waals surface area (Å²) >= 11 is 0. The molecular weight excluding hydrogens is 210 g/mol. The van der Waals surface area contributed by atoms with Crippen molar-refractivity contribution in [2.45, 2.75) is 19.8 Å². The zero-order valence-corrected chi connectivity index (χ0v) is 10.5. The molecule has 1 saturated carbocycles. The summed E-state index contributed by atoms with van der Waals surface area (Å²) in [7, 11) is 1.89. The van der Waals surface area contributed by atoms with Crippen LogP contribution in [0.2, 0.25) is 0 Å². The van der Waals surface area contributed by atoms with E-state index in [1.165, 1.54) is 11.1 Å². The van der Waals surface area contributed by atoms with E-state index in [0.29, 0.717) is 11.8 Å². The maximum atomic E-state index is 11.8. The number of nitrogens with zero attached hydrogens (tertiary/aromatic N) is 1. The predicted molar refractivity (Wildman–Crippen MR) is 70.5 cm³/mol. The number of benzene rings is 1. The van der Waals surface area contributed by atoms with Crippen molar-refractivity contribution in [1.29, 1.82) is 0 Å². The van der Waals surface area contributed by atoms with Gasteiger partial charge in [0.1, 0.15) is 0 Å². The fraction of sp³-hybridized carbons (Fsp3) is 0.400. The lowest BCUT2D eigenvalue weighted by atomic mass is 10.1. The first-order valence-electron chi connectivity index (χ1n) is 6.14. The van der Waals surface area contributed by atoms with Crippen LogP contribution in [-0.4, -0.2) is 24.4 Å². The van der Waals surface area contributed by atoms with Gasteiger partial charge < -0.3 is 4.90 Å². The highest BCUT2D eigenvalue weighted by Crippen LogP contribution is 2.30. The molecule has 1 fully saturated rings. The van der Waals surface area contributed by atoms with Crippen LogP contribution in [0.25, 0.3) is 6.08 Å². The van der Waals surface area contributed by atoms with Crippen LogP contribution < -0.4 is 0 Å². The van der Waals surface area contributed by atoms with E-state index in [9.17, 15) is 4.79 Å². The van der Waals surface area contributed by atoms with Crippen LogP contribution in [-0.2, 0) is 4.79 Å². The molecule has 0 spiro atoms. The van der Waals surface area contributed by atoms with Gasteiger partial charge in [-0.2, -0.15) is 0 Å². The molecule has 1 aliphatic carbocycles. The summed E-state index contributed by atoms with van der Waals surface area (Å²) in [5.74, 6) is 0.607. The van der Waals surface area contributed by atoms with E-state index in [0.717, 1.165) is 19.4 Å². The van der Waals surface area contributed by atoms with Gasteiger partial charge in [-0.05, 0) is 25.3 Å². The minimum Gasteiger partial charge on any atom is -0.342 e. The molecular formula is C15H19NO. The highest BCUT2D eigenvalue weighted by Gasteiger charge is 2.31. The molecule has 0 atom stereocenters. The van der Waals surface area contributed by atoms with Gasteiger partial charge >= 0.3 is 0 Å². The molecule has 1 aromatic carbocycles. The van der Waals surface area contributed by atoms with E-state index in [4.69, 9.17) is 0 Å². The summed E-state index contributed by atoms with van der Waals surface area (Å²) in [4.78, 5) is 13.6. The molecule has 0 unspecified atom stereocenters. The first kappa shape index (κ1) is 11.9. The predicted octanol–water partition coefficient (Wildman–Crippen LogP) is 2.96. The number of carbonyl (C=O) groups is 1. The number of likely N-dealkylation sites (N-methyl/N-ethyl adjacent to an activating group) is 1. The Bertz CT molecular complexity index is 418. The van der Waals surface area contributed by atoms with Crippen molar-refractivity contribution in [1.82, 2.24) is 4.90 Å². The molecule has 17 heavy (non-hydrogen) atoms. The molecule has 0 radical (unpaired) electrons. The molecule has 1 amide bonds.